The second kappa shape index (κ2) is 28.7. The quantitative estimate of drug-likeness (QED) is 0.0319. The number of carbonyl (C=O) groups is 11. The summed E-state index contributed by atoms with van der Waals surface area (Å²) >= 11 is 0. The Morgan fingerprint density at radius 3 is 1.46 bits per heavy atom. The van der Waals surface area contributed by atoms with Crippen molar-refractivity contribution in [1.82, 2.24) is 42.5 Å². The van der Waals surface area contributed by atoms with Crippen molar-refractivity contribution in [3.05, 3.63) is 0 Å². The largest absolute Gasteiger partial charge is 0.481 e. The van der Waals surface area contributed by atoms with Gasteiger partial charge < -0.3 is 79.5 Å². The molecule has 26 nitrogen and oxygen atoms in total. The maximum Gasteiger partial charge on any atom is 0.326 e. The van der Waals surface area contributed by atoms with E-state index in [2.05, 4.69) is 42.5 Å². The zero-order valence-electron chi connectivity index (χ0n) is 37.8. The summed E-state index contributed by atoms with van der Waals surface area (Å²) in [5.41, 5.74) is 10.9. The third-order valence-electron chi connectivity index (χ3n) is 10.3. The van der Waals surface area contributed by atoms with Crippen LogP contribution in [0.15, 0.2) is 0 Å². The lowest BCUT2D eigenvalue weighted by Gasteiger charge is -2.28. The van der Waals surface area contributed by atoms with Crippen LogP contribution in [0.5, 0.6) is 0 Å². The van der Waals surface area contributed by atoms with Crippen molar-refractivity contribution in [3.63, 3.8) is 0 Å². The Balaban J connectivity index is 6.12. The zero-order valence-corrected chi connectivity index (χ0v) is 37.8. The third-order valence-corrected chi connectivity index (χ3v) is 10.3. The number of carboxylic acid groups (broad SMARTS) is 2. The van der Waals surface area contributed by atoms with Crippen molar-refractivity contribution < 1.29 is 78.3 Å². The Bertz CT molecular complexity index is 1700. The minimum Gasteiger partial charge on any atom is -0.481 e. The molecule has 0 bridgehead atoms. The van der Waals surface area contributed by atoms with Gasteiger partial charge in [-0.3, -0.25) is 47.9 Å². The van der Waals surface area contributed by atoms with Gasteiger partial charge in [-0.25, -0.2) is 4.79 Å². The molecule has 0 unspecified atom stereocenters. The van der Waals surface area contributed by atoms with Crippen molar-refractivity contribution in [3.8, 4) is 0 Å². The predicted molar refractivity (Wildman–Crippen MR) is 227 cm³/mol. The Kier molecular flexibility index (Phi) is 26.1. The first-order chi connectivity index (χ1) is 30.1. The number of carboxylic acids is 2. The van der Waals surface area contributed by atoms with E-state index in [0.717, 1.165) is 6.92 Å². The maximum atomic E-state index is 13.5. The predicted octanol–water partition coefficient (Wildman–Crippen LogP) is -5.85. The highest BCUT2D eigenvalue weighted by Crippen LogP contribution is 2.12. The van der Waals surface area contributed by atoms with Crippen molar-refractivity contribution in [2.45, 2.75) is 148 Å². The molecule has 370 valence electrons. The van der Waals surface area contributed by atoms with Gasteiger partial charge in [0.2, 0.25) is 53.2 Å². The van der Waals surface area contributed by atoms with Crippen LogP contribution in [0.3, 0.4) is 0 Å². The summed E-state index contributed by atoms with van der Waals surface area (Å²) in [6, 6.07) is -12.7. The third kappa shape index (κ3) is 20.6. The summed E-state index contributed by atoms with van der Waals surface area (Å²) in [5.74, 6) is -14.0. The molecule has 0 saturated carbocycles. The first-order valence-electron chi connectivity index (χ1n) is 21.0. The number of nitrogens with two attached hydrogens (primary N) is 2. The lowest BCUT2D eigenvalue weighted by Crippen LogP contribution is -2.62. The Hall–Kier alpha value is -5.99. The molecule has 0 aliphatic carbocycles. The number of aliphatic hydroxyl groups excluding tert-OH is 3. The summed E-state index contributed by atoms with van der Waals surface area (Å²) in [6.07, 6.45) is -4.38. The first kappa shape index (κ1) is 59.0. The number of primary amides is 1. The van der Waals surface area contributed by atoms with E-state index >= 15 is 0 Å². The van der Waals surface area contributed by atoms with E-state index in [1.54, 1.807) is 41.5 Å². The molecule has 0 heterocycles. The van der Waals surface area contributed by atoms with Crippen LogP contribution >= 0.6 is 0 Å². The standard InChI is InChI=1S/C39H68N10O16/c1-9-17(5)29(47-35(60)27(41)19(7)51)38(63)44-22(13-26(55)56)33(58)45-23(15-50)34(59)43-21(11-12-24(40)53)32(57)49-31(20(8)52)36(61)42-14-25(54)46-28(16(3)4)37(62)48-30(39(64)65)18(6)10-2/h16-23,27-31,50-52H,9-15,41H2,1-8H3,(H2,40,53)(H,42,61)(H,43,59)(H,44,63)(H,45,58)(H,46,54)(H,47,60)(H,48,62)(H,49,57)(H,55,56)(H,64,65)/t17-,18-,19+,20+,21-,22-,23-,27-,28-,29-,30-,31-/m0/s1. The van der Waals surface area contributed by atoms with Crippen LogP contribution in [-0.2, 0) is 52.7 Å². The number of amides is 9. The fourth-order valence-corrected chi connectivity index (χ4v) is 5.73. The van der Waals surface area contributed by atoms with E-state index in [1.165, 1.54) is 6.92 Å². The number of aliphatic carboxylic acids is 2. The van der Waals surface area contributed by atoms with Gasteiger partial charge in [-0.1, -0.05) is 54.4 Å². The highest BCUT2D eigenvalue weighted by atomic mass is 16.4. The van der Waals surface area contributed by atoms with Gasteiger partial charge in [-0.2, -0.15) is 0 Å². The SMILES string of the molecule is CC[C@H](C)[C@H](NC(=O)[C@@H](NC(=O)CNC(=O)[C@@H](NC(=O)[C@H](CCC(N)=O)NC(=O)[C@H](CO)NC(=O)[C@H](CC(=O)O)NC(=O)[C@@H](NC(=O)[C@@H](N)[C@@H](C)O)[C@@H](C)CC)[C@@H](C)O)C(C)C)C(=O)O. The first-order valence-corrected chi connectivity index (χ1v) is 21.0. The van der Waals surface area contributed by atoms with Crippen molar-refractivity contribution in [1.29, 1.82) is 0 Å². The number of aliphatic hydroxyl groups is 3. The molecule has 0 aliphatic heterocycles. The fourth-order valence-electron chi connectivity index (χ4n) is 5.73. The number of carbonyl (C=O) groups excluding carboxylic acids is 9. The maximum absolute atomic E-state index is 13.5. The molecule has 0 saturated heterocycles. The molecule has 0 fully saturated rings. The van der Waals surface area contributed by atoms with Crippen LogP contribution in [0.1, 0.15) is 87.5 Å². The molecule has 0 spiro atoms. The van der Waals surface area contributed by atoms with Gasteiger partial charge in [0.15, 0.2) is 0 Å². The second-order valence-corrected chi connectivity index (χ2v) is 16.1. The summed E-state index contributed by atoms with van der Waals surface area (Å²) < 4.78 is 0. The summed E-state index contributed by atoms with van der Waals surface area (Å²) in [5, 5.41) is 67.2. The molecular weight excluding hydrogens is 864 g/mol. The summed E-state index contributed by atoms with van der Waals surface area (Å²) in [6.45, 7) is 10.1. The van der Waals surface area contributed by atoms with Crippen LogP contribution in [0, 0.1) is 17.8 Å². The van der Waals surface area contributed by atoms with E-state index in [-0.39, 0.29) is 0 Å². The molecule has 0 aromatic rings. The van der Waals surface area contributed by atoms with Gasteiger partial charge in [-0.05, 0) is 38.0 Å². The molecule has 17 N–H and O–H groups in total. The smallest absolute Gasteiger partial charge is 0.326 e. The summed E-state index contributed by atoms with van der Waals surface area (Å²) in [4.78, 5) is 140. The molecule has 0 rings (SSSR count). The highest BCUT2D eigenvalue weighted by molar-refractivity contribution is 5.98. The Morgan fingerprint density at radius 2 is 1.00 bits per heavy atom. The van der Waals surface area contributed by atoms with Crippen LogP contribution in [0.25, 0.3) is 0 Å². The normalized spacial score (nSPS) is 16.7. The van der Waals surface area contributed by atoms with Crippen LogP contribution < -0.4 is 54.0 Å². The van der Waals surface area contributed by atoms with Crippen LogP contribution in [0.2, 0.25) is 0 Å². The lowest BCUT2D eigenvalue weighted by molar-refractivity contribution is -0.144. The topological polar surface area (TPSA) is 437 Å². The Labute approximate surface area is 375 Å². The summed E-state index contributed by atoms with van der Waals surface area (Å²) in [7, 11) is 0. The average molecular weight is 933 g/mol. The number of rotatable bonds is 30. The minimum absolute atomic E-state index is 0.299. The number of hydrogen-bond acceptors (Lipinski definition) is 15. The zero-order chi connectivity index (χ0) is 50.5. The van der Waals surface area contributed by atoms with E-state index in [0.29, 0.717) is 12.8 Å². The van der Waals surface area contributed by atoms with E-state index in [4.69, 9.17) is 11.5 Å². The fraction of sp³-hybridized carbons (Fsp3) is 0.718. The van der Waals surface area contributed by atoms with E-state index in [1.807, 2.05) is 0 Å². The van der Waals surface area contributed by atoms with Gasteiger partial charge >= 0.3 is 11.9 Å². The van der Waals surface area contributed by atoms with Crippen molar-refractivity contribution >= 4 is 65.1 Å². The second-order valence-electron chi connectivity index (χ2n) is 16.1. The number of nitrogens with one attached hydrogen (secondary N) is 8. The van der Waals surface area contributed by atoms with Gasteiger partial charge in [0.25, 0.3) is 0 Å². The molecular formula is C39H68N10O16. The van der Waals surface area contributed by atoms with Gasteiger partial charge in [0.05, 0.1) is 31.8 Å². The highest BCUT2D eigenvalue weighted by Gasteiger charge is 2.36. The molecule has 65 heavy (non-hydrogen) atoms. The average Bonchev–Trinajstić information content (AvgIpc) is 3.22. The molecule has 0 aliphatic rings. The lowest BCUT2D eigenvalue weighted by atomic mass is 9.97. The molecule has 0 radical (unpaired) electrons. The van der Waals surface area contributed by atoms with Gasteiger partial charge in [0.1, 0.15) is 48.3 Å². The Morgan fingerprint density at radius 1 is 0.538 bits per heavy atom. The number of hydrogen-bond donors (Lipinski definition) is 15. The monoisotopic (exact) mass is 932 g/mol. The van der Waals surface area contributed by atoms with Crippen LogP contribution in [-0.4, -0.2) is 164 Å². The van der Waals surface area contributed by atoms with E-state index < -0.39 is 176 Å². The van der Waals surface area contributed by atoms with Gasteiger partial charge in [0, 0.05) is 6.42 Å². The van der Waals surface area contributed by atoms with Crippen molar-refractivity contribution in [2.75, 3.05) is 13.2 Å². The molecule has 0 aromatic heterocycles. The van der Waals surface area contributed by atoms with Crippen molar-refractivity contribution in [2.24, 2.45) is 29.2 Å². The molecule has 12 atom stereocenters. The van der Waals surface area contributed by atoms with Crippen LogP contribution in [0.4, 0.5) is 0 Å². The molecule has 0 aromatic carbocycles. The van der Waals surface area contributed by atoms with Gasteiger partial charge in [-0.15, -0.1) is 0 Å². The minimum atomic E-state index is -1.94. The molecule has 9 amide bonds. The van der Waals surface area contributed by atoms with E-state index in [9.17, 15) is 78.3 Å². The molecule has 26 heteroatoms.